The summed E-state index contributed by atoms with van der Waals surface area (Å²) >= 11 is 0. The highest BCUT2D eigenvalue weighted by atomic mass is 16.6. The lowest BCUT2D eigenvalue weighted by molar-refractivity contribution is -0.120. The number of likely N-dealkylation sites (N-methyl/N-ethyl adjacent to an activating group) is 1. The highest BCUT2D eigenvalue weighted by Gasteiger charge is 2.43. The van der Waals surface area contributed by atoms with E-state index in [1.807, 2.05) is 48.5 Å². The molecule has 146 heavy (non-hydrogen) atoms. The van der Waals surface area contributed by atoms with Crippen LogP contribution in [0.5, 0.6) is 0 Å². The summed E-state index contributed by atoms with van der Waals surface area (Å²) in [5.41, 5.74) is 23.9. The Hall–Kier alpha value is -7.83. The monoisotopic (exact) mass is 2030 g/mol. The van der Waals surface area contributed by atoms with Gasteiger partial charge in [-0.05, 0) is 164 Å². The molecule has 0 bridgehead atoms. The number of pyridine rings is 1. The number of dihydropyridines is 1. The van der Waals surface area contributed by atoms with E-state index in [4.69, 9.17) is 9.73 Å². The van der Waals surface area contributed by atoms with Crippen LogP contribution in [0.4, 0.5) is 4.79 Å². The van der Waals surface area contributed by atoms with Gasteiger partial charge in [0, 0.05) is 185 Å². The van der Waals surface area contributed by atoms with E-state index in [2.05, 4.69) is 434 Å². The molecule has 4 unspecified atom stereocenters. The smallest absolute Gasteiger partial charge is 0.410 e. The molecule has 0 saturated heterocycles. The molecule has 2 amide bonds. The first-order chi connectivity index (χ1) is 64.0. The SMILES string of the molecule is C.CC1=CCC(C(C)(C)C)=C(C(C)(C)C)N1.CC1=NC(C(C)(C)C)=C(C(C)(C)C)C(=O)CC1.CC1CC(=O)C(C(C)(C)C)=C(C(C)(C)C)N1.CC1CCC(=O)C(C(C)(C)C)=C(C(C)(C)C)N1.CC1CCC(C(C)(C)C)=C(C(C)(C)C)N1.CC1NC(=O)C(C(C)(C)C)=C(C(C)(C)C)N1.CN1CC(C(C)(C)C)=C(C(C)(C)C)COC1=O.Cc1cc(=O)c(C(C)(C)C)c(C(C)(C)C)[nH]1.Cc1nc(C(C)(C)C)c(C(C)(C)C)c(=O)[nH]1. The van der Waals surface area contributed by atoms with E-state index in [0.717, 1.165) is 98.3 Å². The van der Waals surface area contributed by atoms with Crippen molar-refractivity contribution in [1.82, 2.24) is 51.8 Å². The van der Waals surface area contributed by atoms with Gasteiger partial charge in [0.25, 0.3) is 11.5 Å². The van der Waals surface area contributed by atoms with Crippen molar-refractivity contribution < 1.29 is 28.7 Å². The van der Waals surface area contributed by atoms with Crippen LogP contribution in [0.1, 0.15) is 508 Å². The molecular formula is C127H227N11O8. The van der Waals surface area contributed by atoms with E-state index in [-0.39, 0.29) is 140 Å². The Morgan fingerprint density at radius 3 is 1.11 bits per heavy atom. The average molecular weight is 2040 g/mol. The summed E-state index contributed by atoms with van der Waals surface area (Å²) in [4.78, 5) is 102. The topological polar surface area (TPSA) is 261 Å². The number of H-pyrrole nitrogens is 2. The molecule has 0 aromatic carbocycles. The Morgan fingerprint density at radius 2 is 0.733 bits per heavy atom. The van der Waals surface area contributed by atoms with Gasteiger partial charge in [0.15, 0.2) is 22.8 Å². The van der Waals surface area contributed by atoms with Crippen molar-refractivity contribution in [2.45, 2.75) is 534 Å². The van der Waals surface area contributed by atoms with Crippen molar-refractivity contribution in [3.05, 3.63) is 151 Å². The van der Waals surface area contributed by atoms with E-state index in [1.165, 1.54) is 41.1 Å². The van der Waals surface area contributed by atoms with Crippen LogP contribution in [0.15, 0.2) is 111 Å². The number of hydrogen-bond donors (Lipinski definition) is 8. The number of allylic oxidation sites excluding steroid dienone is 13. The fourth-order valence-electron chi connectivity index (χ4n) is 19.1. The predicted octanol–water partition coefficient (Wildman–Crippen LogP) is 31.9. The van der Waals surface area contributed by atoms with Crippen LogP contribution in [0.25, 0.3) is 0 Å². The van der Waals surface area contributed by atoms with Crippen molar-refractivity contribution in [2.24, 2.45) is 80.8 Å². The zero-order valence-electron chi connectivity index (χ0n) is 106. The molecule has 0 radical (unpaired) electrons. The van der Waals surface area contributed by atoms with Gasteiger partial charge in [0.1, 0.15) is 12.4 Å². The number of carbonyl (C=O) groups is 5. The number of cyclic esters (lactones) is 1. The number of aliphatic imine (C=N–C) groups is 1. The van der Waals surface area contributed by atoms with Crippen LogP contribution in [-0.4, -0.2) is 99.4 Å². The number of nitrogens with one attached hydrogen (secondary N) is 8. The van der Waals surface area contributed by atoms with Gasteiger partial charge < -0.3 is 51.5 Å². The number of amides is 2. The second kappa shape index (κ2) is 50.2. The number of hydrogen-bond acceptors (Lipinski definition) is 15. The molecule has 0 fully saturated rings. The van der Waals surface area contributed by atoms with Crippen LogP contribution in [0.3, 0.4) is 0 Å². The molecule has 0 saturated carbocycles. The van der Waals surface area contributed by atoms with Crippen LogP contribution < -0.4 is 42.9 Å². The molecule has 7 aliphatic heterocycles. The van der Waals surface area contributed by atoms with Gasteiger partial charge in [-0.3, -0.25) is 33.8 Å². The fourth-order valence-corrected chi connectivity index (χ4v) is 19.1. The largest absolute Gasteiger partial charge is 0.445 e. The average Bonchev–Trinajstić information content (AvgIpc) is 0.925. The number of Topliss-reactive ketones (excluding diaryl/α,β-unsaturated/α-hetero) is 3. The second-order valence-electron chi connectivity index (χ2n) is 61.1. The lowest BCUT2D eigenvalue weighted by Gasteiger charge is -2.39. The molecule has 7 aliphatic rings. The molecule has 2 aromatic heterocycles. The number of ketones is 3. The molecule has 19 heteroatoms. The van der Waals surface area contributed by atoms with Gasteiger partial charge in [0.2, 0.25) is 0 Å². The Labute approximate surface area is 896 Å². The first-order valence-corrected chi connectivity index (χ1v) is 54.4. The lowest BCUT2D eigenvalue weighted by Crippen LogP contribution is -2.53. The van der Waals surface area contributed by atoms with Crippen molar-refractivity contribution in [3.63, 3.8) is 0 Å². The standard InChI is InChI=1S/C15H27NO.C15H25NO.C14H25NO2.C14H25NO.C14H23NO.C14H27N.C14H25N.C13H24N2O.C13H22N2O.CH4/c2*1-10-8-9-11(17)12(14(2,3)4)13(16-10)15(5,6)7;1-13(2,3)10-8-15(7)12(16)17-9-11(10)14(4,5)6;2*1-9-8-10(16)11(13(2,3)4)12(15-9)14(5,6)7;2*1-10-8-9-11(13(2,3)4)12(15-10)14(5,6)7;2*1-8-14-10(13(5,6)7)9(11(16)15-8)12(2,3)4;/h10,16H,8-9H2,1-7H3;2*8-9H2,1-7H3;9,15H,8H2,1-7H3;8H,1-7H3,(H,15,16);10,15H,8-9H2,1-7H3;8,15H,9H2,1-7H3;8,14H,1-7H3,(H,15,16);1-7H3,(H,14,15,16);1H4. The maximum absolute atomic E-state index is 12.4. The van der Waals surface area contributed by atoms with Crippen LogP contribution in [-0.2, 0) is 45.6 Å². The number of ether oxygens (including phenoxy) is 1. The lowest BCUT2D eigenvalue weighted by atomic mass is 9.73. The molecular weight excluding hydrogens is 1810 g/mol. The number of carbonyl (C=O) groups excluding carboxylic acids is 5. The first kappa shape index (κ1) is 138. The van der Waals surface area contributed by atoms with Crippen molar-refractivity contribution in [2.75, 3.05) is 20.2 Å². The van der Waals surface area contributed by atoms with Crippen LogP contribution in [0.2, 0.25) is 0 Å². The highest BCUT2D eigenvalue weighted by molar-refractivity contribution is 6.02. The number of rotatable bonds is 0. The van der Waals surface area contributed by atoms with Gasteiger partial charge >= 0.3 is 6.09 Å². The normalized spacial score (nSPS) is 19.5. The Morgan fingerprint density at radius 1 is 0.349 bits per heavy atom. The third-order valence-electron chi connectivity index (χ3n) is 26.3. The van der Waals surface area contributed by atoms with E-state index < -0.39 is 0 Å². The van der Waals surface area contributed by atoms with E-state index in [0.29, 0.717) is 67.3 Å². The summed E-state index contributed by atoms with van der Waals surface area (Å²) in [6, 6.07) is 2.96. The zero-order valence-corrected chi connectivity index (χ0v) is 106. The third-order valence-corrected chi connectivity index (χ3v) is 26.3. The third kappa shape index (κ3) is 42.8. The van der Waals surface area contributed by atoms with Crippen LogP contribution >= 0.6 is 0 Å². The molecule has 9 rings (SSSR count). The predicted molar refractivity (Wildman–Crippen MR) is 629 cm³/mol. The molecule has 9 heterocycles. The highest BCUT2D eigenvalue weighted by Crippen LogP contribution is 2.48. The van der Waals surface area contributed by atoms with Crippen LogP contribution in [0, 0.1) is 89.7 Å². The summed E-state index contributed by atoms with van der Waals surface area (Å²) in [5, 5.41) is 20.6. The quantitative estimate of drug-likeness (QED) is 0.114. The minimum Gasteiger partial charge on any atom is -0.445 e. The summed E-state index contributed by atoms with van der Waals surface area (Å²) in [7, 11) is 1.79. The Kier molecular flexibility index (Phi) is 47.5. The molecule has 2 aromatic rings. The number of aromatic nitrogens is 3. The van der Waals surface area contributed by atoms with E-state index in [1.54, 1.807) is 29.2 Å². The van der Waals surface area contributed by atoms with Gasteiger partial charge in [-0.25, -0.2) is 9.78 Å². The Bertz CT molecular complexity index is 5050. The van der Waals surface area contributed by atoms with E-state index in [9.17, 15) is 33.6 Å². The van der Waals surface area contributed by atoms with Gasteiger partial charge in [-0.1, -0.05) is 387 Å². The number of aromatic amines is 2. The number of nitrogens with zero attached hydrogens (tertiary/aromatic N) is 3. The number of aryl methyl sites for hydroxylation is 2. The summed E-state index contributed by atoms with van der Waals surface area (Å²) in [6.07, 6.45) is 9.28. The van der Waals surface area contributed by atoms with Crippen molar-refractivity contribution in [1.29, 1.82) is 0 Å². The minimum atomic E-state index is -0.231. The van der Waals surface area contributed by atoms with Crippen molar-refractivity contribution in [3.8, 4) is 0 Å². The molecule has 19 nitrogen and oxygen atoms in total. The maximum Gasteiger partial charge on any atom is 0.410 e. The van der Waals surface area contributed by atoms with Crippen molar-refractivity contribution >= 4 is 35.1 Å². The van der Waals surface area contributed by atoms with E-state index >= 15 is 0 Å². The summed E-state index contributed by atoms with van der Waals surface area (Å²) < 4.78 is 5.31. The minimum absolute atomic E-state index is 0. The second-order valence-corrected chi connectivity index (χ2v) is 61.1. The van der Waals surface area contributed by atoms with Gasteiger partial charge in [-0.15, -0.1) is 0 Å². The summed E-state index contributed by atoms with van der Waals surface area (Å²) in [6.45, 7) is 134. The molecule has 8 N–H and O–H groups in total. The molecule has 4 atom stereocenters. The van der Waals surface area contributed by atoms with Gasteiger partial charge in [-0.2, -0.15) is 0 Å². The Balaban J connectivity index is 0.00000162. The maximum atomic E-state index is 12.4. The first-order valence-electron chi connectivity index (χ1n) is 54.4. The molecule has 0 aliphatic carbocycles. The summed E-state index contributed by atoms with van der Waals surface area (Å²) in [5.74, 6) is 1.64. The molecule has 838 valence electrons. The fraction of sp³-hybridized carbons (Fsp3) is 0.756. The zero-order chi connectivity index (χ0) is 115. The molecule has 0 spiro atoms. The van der Waals surface area contributed by atoms with Gasteiger partial charge in [0.05, 0.1) is 17.6 Å².